The summed E-state index contributed by atoms with van der Waals surface area (Å²) < 4.78 is 0. The van der Waals surface area contributed by atoms with E-state index in [1.165, 1.54) is 16.5 Å². The van der Waals surface area contributed by atoms with E-state index < -0.39 is 0 Å². The van der Waals surface area contributed by atoms with Gasteiger partial charge >= 0.3 is 0 Å². The average molecular weight is 254 g/mol. The molecule has 2 rings (SSSR count). The van der Waals surface area contributed by atoms with Crippen molar-refractivity contribution in [1.82, 2.24) is 10.3 Å². The second-order valence-corrected chi connectivity index (χ2v) is 5.11. The molecule has 0 amide bonds. The lowest BCUT2D eigenvalue weighted by Crippen LogP contribution is -2.24. The van der Waals surface area contributed by atoms with Crippen LogP contribution in [0.15, 0.2) is 42.1 Å². The Morgan fingerprint density at radius 2 is 2.05 bits per heavy atom. The van der Waals surface area contributed by atoms with Crippen LogP contribution in [0.25, 0.3) is 17.0 Å². The summed E-state index contributed by atoms with van der Waals surface area (Å²) in [6, 6.07) is 11.0. The molecular formula is C17H22N2. The van der Waals surface area contributed by atoms with E-state index in [1.807, 2.05) is 12.3 Å². The quantitative estimate of drug-likeness (QED) is 0.871. The molecule has 1 N–H and O–H groups in total. The normalized spacial score (nSPS) is 12.3. The van der Waals surface area contributed by atoms with Gasteiger partial charge in [0.2, 0.25) is 0 Å². The second-order valence-electron chi connectivity index (χ2n) is 5.11. The molecule has 0 atom stereocenters. The molecule has 0 aliphatic rings. The van der Waals surface area contributed by atoms with Crippen molar-refractivity contribution in [2.75, 3.05) is 6.54 Å². The van der Waals surface area contributed by atoms with Gasteiger partial charge in [0.1, 0.15) is 0 Å². The largest absolute Gasteiger partial charge is 0.311 e. The number of rotatable bonds is 5. The Morgan fingerprint density at radius 3 is 2.79 bits per heavy atom. The Hall–Kier alpha value is -1.67. The van der Waals surface area contributed by atoms with E-state index in [0.717, 1.165) is 18.5 Å². The highest BCUT2D eigenvalue weighted by atomic mass is 14.9. The standard InChI is InChI=1S/C17H22N2/c1-4-14(12-19-13(2)3)11-16-8-5-7-15-9-6-10-18-17(15)16/h5-11,13,19H,4,12H2,1-3H3. The molecule has 2 nitrogen and oxygen atoms in total. The minimum atomic E-state index is 0.514. The lowest BCUT2D eigenvalue weighted by atomic mass is 10.1. The molecule has 0 unspecified atom stereocenters. The van der Waals surface area contributed by atoms with Gasteiger partial charge < -0.3 is 5.32 Å². The maximum atomic E-state index is 4.50. The van der Waals surface area contributed by atoms with Gasteiger partial charge in [0.25, 0.3) is 0 Å². The summed E-state index contributed by atoms with van der Waals surface area (Å²) in [6.07, 6.45) is 5.19. The molecule has 0 spiro atoms. The summed E-state index contributed by atoms with van der Waals surface area (Å²) >= 11 is 0. The maximum Gasteiger partial charge on any atom is 0.0774 e. The summed E-state index contributed by atoms with van der Waals surface area (Å²) in [5.74, 6) is 0. The van der Waals surface area contributed by atoms with Crippen LogP contribution in [0.2, 0.25) is 0 Å². The van der Waals surface area contributed by atoms with Crippen LogP contribution < -0.4 is 5.32 Å². The van der Waals surface area contributed by atoms with Crippen molar-refractivity contribution in [3.8, 4) is 0 Å². The summed E-state index contributed by atoms with van der Waals surface area (Å²) in [5, 5.41) is 4.67. The third kappa shape index (κ3) is 3.65. The fraction of sp³-hybridized carbons (Fsp3) is 0.353. The van der Waals surface area contributed by atoms with Crippen molar-refractivity contribution in [3.63, 3.8) is 0 Å². The van der Waals surface area contributed by atoms with Gasteiger partial charge in [-0.2, -0.15) is 0 Å². The lowest BCUT2D eigenvalue weighted by Gasteiger charge is -2.11. The number of benzene rings is 1. The molecule has 0 saturated carbocycles. The zero-order chi connectivity index (χ0) is 13.7. The minimum absolute atomic E-state index is 0.514. The smallest absolute Gasteiger partial charge is 0.0774 e. The monoisotopic (exact) mass is 254 g/mol. The predicted octanol–water partition coefficient (Wildman–Crippen LogP) is 4.03. The molecule has 1 aromatic heterocycles. The number of para-hydroxylation sites is 1. The van der Waals surface area contributed by atoms with Gasteiger partial charge in [-0.25, -0.2) is 0 Å². The van der Waals surface area contributed by atoms with Crippen LogP contribution >= 0.6 is 0 Å². The first-order chi connectivity index (χ1) is 9.20. The third-order valence-corrected chi connectivity index (χ3v) is 3.22. The molecule has 1 aromatic carbocycles. The molecule has 0 aliphatic heterocycles. The number of hydrogen-bond acceptors (Lipinski definition) is 2. The molecule has 2 aromatic rings. The summed E-state index contributed by atoms with van der Waals surface area (Å²) in [5.41, 5.74) is 3.70. The fourth-order valence-corrected chi connectivity index (χ4v) is 2.08. The molecule has 2 heteroatoms. The van der Waals surface area contributed by atoms with E-state index in [1.54, 1.807) is 0 Å². The van der Waals surface area contributed by atoms with E-state index in [-0.39, 0.29) is 0 Å². The van der Waals surface area contributed by atoms with Crippen LogP contribution in [0.5, 0.6) is 0 Å². The summed E-state index contributed by atoms with van der Waals surface area (Å²) in [6.45, 7) is 7.49. The van der Waals surface area contributed by atoms with Crippen LogP contribution in [-0.4, -0.2) is 17.6 Å². The van der Waals surface area contributed by atoms with Crippen molar-refractivity contribution in [3.05, 3.63) is 47.7 Å². The van der Waals surface area contributed by atoms with Gasteiger partial charge in [0.05, 0.1) is 5.52 Å². The van der Waals surface area contributed by atoms with Gasteiger partial charge in [-0.05, 0) is 12.5 Å². The predicted molar refractivity (Wildman–Crippen MR) is 83.1 cm³/mol. The highest BCUT2D eigenvalue weighted by Crippen LogP contribution is 2.19. The van der Waals surface area contributed by atoms with Crippen LogP contribution in [0.1, 0.15) is 32.8 Å². The second kappa shape index (κ2) is 6.48. The number of fused-ring (bicyclic) bond motifs is 1. The van der Waals surface area contributed by atoms with Crippen molar-refractivity contribution in [2.24, 2.45) is 0 Å². The lowest BCUT2D eigenvalue weighted by molar-refractivity contribution is 0.617. The Kier molecular flexibility index (Phi) is 4.69. The topological polar surface area (TPSA) is 24.9 Å². The van der Waals surface area contributed by atoms with Crippen molar-refractivity contribution < 1.29 is 0 Å². The first kappa shape index (κ1) is 13.8. The third-order valence-electron chi connectivity index (χ3n) is 3.22. The number of nitrogens with one attached hydrogen (secondary N) is 1. The van der Waals surface area contributed by atoms with Crippen LogP contribution in [0.3, 0.4) is 0 Å². The van der Waals surface area contributed by atoms with Crippen molar-refractivity contribution >= 4 is 17.0 Å². The molecule has 0 saturated heterocycles. The SMILES string of the molecule is CCC(=Cc1cccc2cccnc12)CNC(C)C. The van der Waals surface area contributed by atoms with Gasteiger partial charge in [0.15, 0.2) is 0 Å². The highest BCUT2D eigenvalue weighted by Gasteiger charge is 2.02. The molecule has 0 aliphatic carbocycles. The van der Waals surface area contributed by atoms with Gasteiger partial charge in [-0.3, -0.25) is 4.98 Å². The van der Waals surface area contributed by atoms with E-state index in [4.69, 9.17) is 0 Å². The average Bonchev–Trinajstić information content (AvgIpc) is 2.43. The van der Waals surface area contributed by atoms with Crippen molar-refractivity contribution in [2.45, 2.75) is 33.2 Å². The van der Waals surface area contributed by atoms with Gasteiger partial charge in [0, 0.05) is 29.7 Å². The molecular weight excluding hydrogens is 232 g/mol. The minimum Gasteiger partial charge on any atom is -0.311 e. The zero-order valence-corrected chi connectivity index (χ0v) is 12.0. The Balaban J connectivity index is 2.32. The molecule has 19 heavy (non-hydrogen) atoms. The first-order valence-electron chi connectivity index (χ1n) is 6.97. The first-order valence-corrected chi connectivity index (χ1v) is 6.97. The number of nitrogens with zero attached hydrogens (tertiary/aromatic N) is 1. The Labute approximate surface area is 115 Å². The van der Waals surface area contributed by atoms with E-state index >= 15 is 0 Å². The van der Waals surface area contributed by atoms with Crippen LogP contribution in [0, 0.1) is 0 Å². The van der Waals surface area contributed by atoms with Crippen LogP contribution in [0.4, 0.5) is 0 Å². The van der Waals surface area contributed by atoms with Gasteiger partial charge in [-0.15, -0.1) is 0 Å². The summed E-state index contributed by atoms with van der Waals surface area (Å²) in [7, 11) is 0. The highest BCUT2D eigenvalue weighted by molar-refractivity contribution is 5.87. The Morgan fingerprint density at radius 1 is 1.26 bits per heavy atom. The molecule has 0 bridgehead atoms. The zero-order valence-electron chi connectivity index (χ0n) is 12.0. The summed E-state index contributed by atoms with van der Waals surface area (Å²) in [4.78, 5) is 4.50. The molecule has 1 heterocycles. The molecule has 100 valence electrons. The molecule has 0 fully saturated rings. The number of hydrogen-bond donors (Lipinski definition) is 1. The van der Waals surface area contributed by atoms with E-state index in [9.17, 15) is 0 Å². The van der Waals surface area contributed by atoms with E-state index in [2.05, 4.69) is 61.4 Å². The number of aromatic nitrogens is 1. The Bertz CT molecular complexity index is 565. The van der Waals surface area contributed by atoms with Crippen molar-refractivity contribution in [1.29, 1.82) is 0 Å². The number of pyridine rings is 1. The fourth-order valence-electron chi connectivity index (χ4n) is 2.08. The van der Waals surface area contributed by atoms with E-state index in [0.29, 0.717) is 6.04 Å². The maximum absolute atomic E-state index is 4.50. The van der Waals surface area contributed by atoms with Gasteiger partial charge in [-0.1, -0.05) is 56.7 Å². The molecule has 0 radical (unpaired) electrons. The van der Waals surface area contributed by atoms with Crippen LogP contribution in [-0.2, 0) is 0 Å².